The number of rotatable bonds is 8. The molecule has 84 valence electrons. The topological polar surface area (TPSA) is 49.3 Å². The van der Waals surface area contributed by atoms with Gasteiger partial charge in [-0.25, -0.2) is 0 Å². The molecule has 0 radical (unpaired) electrons. The highest BCUT2D eigenvalue weighted by molar-refractivity contribution is 6.17. The van der Waals surface area contributed by atoms with E-state index in [9.17, 15) is 4.79 Å². The molecule has 0 rings (SSSR count). The molecule has 0 aliphatic heterocycles. The highest BCUT2D eigenvalue weighted by Gasteiger charge is 2.00. The van der Waals surface area contributed by atoms with E-state index in [1.807, 2.05) is 0 Å². The number of hydrogen-bond acceptors (Lipinski definition) is 2. The number of halogens is 1. The molecule has 1 amide bonds. The predicted molar refractivity (Wildman–Crippen MR) is 58.5 cm³/mol. The van der Waals surface area contributed by atoms with Crippen molar-refractivity contribution in [2.75, 3.05) is 12.4 Å². The number of alkyl halides is 1. The molecule has 0 aromatic heterocycles. The summed E-state index contributed by atoms with van der Waals surface area (Å²) in [6.07, 6.45) is 3.60. The highest BCUT2D eigenvalue weighted by atomic mass is 35.5. The average Bonchev–Trinajstić information content (AvgIpc) is 2.13. The van der Waals surface area contributed by atoms with Crippen molar-refractivity contribution < 1.29 is 9.90 Å². The summed E-state index contributed by atoms with van der Waals surface area (Å²) in [5.41, 5.74) is 0. The fraction of sp³-hybridized carbons (Fsp3) is 0.900. The molecule has 0 aliphatic carbocycles. The molecule has 0 heterocycles. The number of unbranched alkanes of at least 4 members (excludes halogenated alkanes) is 1. The van der Waals surface area contributed by atoms with Gasteiger partial charge < -0.3 is 10.4 Å². The minimum Gasteiger partial charge on any atom is -0.393 e. The minimum absolute atomic E-state index is 0.0840. The van der Waals surface area contributed by atoms with E-state index in [0.29, 0.717) is 18.8 Å². The summed E-state index contributed by atoms with van der Waals surface area (Å²) in [5.74, 6) is 0.704. The van der Waals surface area contributed by atoms with Crippen LogP contribution in [-0.4, -0.2) is 29.5 Å². The van der Waals surface area contributed by atoms with Gasteiger partial charge in [-0.3, -0.25) is 4.79 Å². The number of hydrogen-bond donors (Lipinski definition) is 2. The van der Waals surface area contributed by atoms with Gasteiger partial charge in [-0.2, -0.15) is 0 Å². The molecule has 0 spiro atoms. The maximum absolute atomic E-state index is 11.1. The highest BCUT2D eigenvalue weighted by Crippen LogP contribution is 1.98. The zero-order valence-corrected chi connectivity index (χ0v) is 9.52. The lowest BCUT2D eigenvalue weighted by atomic mass is 10.2. The second kappa shape index (κ2) is 9.28. The van der Waals surface area contributed by atoms with Crippen LogP contribution in [0.2, 0.25) is 0 Å². The summed E-state index contributed by atoms with van der Waals surface area (Å²) in [4.78, 5) is 11.1. The Morgan fingerprint density at radius 1 is 1.43 bits per heavy atom. The first-order valence-electron chi connectivity index (χ1n) is 5.17. The summed E-state index contributed by atoms with van der Waals surface area (Å²) >= 11 is 5.49. The fourth-order valence-electron chi connectivity index (χ4n) is 1.09. The van der Waals surface area contributed by atoms with Gasteiger partial charge in [-0.15, -0.1) is 11.6 Å². The smallest absolute Gasteiger partial charge is 0.219 e. The molecule has 0 bridgehead atoms. The van der Waals surface area contributed by atoms with Crippen LogP contribution in [0.5, 0.6) is 0 Å². The van der Waals surface area contributed by atoms with Crippen LogP contribution in [0.1, 0.15) is 39.0 Å². The van der Waals surface area contributed by atoms with Gasteiger partial charge in [0.2, 0.25) is 5.91 Å². The van der Waals surface area contributed by atoms with Crippen LogP contribution in [0.4, 0.5) is 0 Å². The normalized spacial score (nSPS) is 12.5. The van der Waals surface area contributed by atoms with E-state index in [0.717, 1.165) is 25.7 Å². The minimum atomic E-state index is -0.275. The van der Waals surface area contributed by atoms with Crippen LogP contribution in [-0.2, 0) is 4.79 Å². The first-order valence-corrected chi connectivity index (χ1v) is 5.71. The van der Waals surface area contributed by atoms with Crippen LogP contribution >= 0.6 is 11.6 Å². The van der Waals surface area contributed by atoms with Crippen LogP contribution < -0.4 is 5.32 Å². The number of carbonyl (C=O) groups is 1. The second-order valence-corrected chi connectivity index (χ2v) is 3.87. The molecule has 2 N–H and O–H groups in total. The van der Waals surface area contributed by atoms with Gasteiger partial charge >= 0.3 is 0 Å². The maximum atomic E-state index is 11.1. The lowest BCUT2D eigenvalue weighted by Crippen LogP contribution is -2.24. The van der Waals surface area contributed by atoms with Crippen LogP contribution in [0.15, 0.2) is 0 Å². The van der Waals surface area contributed by atoms with E-state index < -0.39 is 0 Å². The molecule has 1 atom stereocenters. The van der Waals surface area contributed by atoms with Crippen molar-refractivity contribution in [3.8, 4) is 0 Å². The molecule has 0 saturated heterocycles. The number of amides is 1. The summed E-state index contributed by atoms with van der Waals surface area (Å²) in [5, 5.41) is 11.8. The molecule has 0 saturated carbocycles. The molecule has 0 aliphatic rings. The quantitative estimate of drug-likeness (QED) is 0.484. The number of nitrogens with one attached hydrogen (secondary N) is 1. The Morgan fingerprint density at radius 3 is 2.71 bits per heavy atom. The Bertz CT molecular complexity index is 151. The SMILES string of the molecule is CC(O)CCCNC(=O)CCCCCl. The third-order valence-electron chi connectivity index (χ3n) is 1.91. The van der Waals surface area contributed by atoms with E-state index in [1.165, 1.54) is 0 Å². The average molecular weight is 222 g/mol. The number of carbonyl (C=O) groups excluding carboxylic acids is 1. The predicted octanol–water partition coefficient (Wildman–Crippen LogP) is 1.67. The first-order chi connectivity index (χ1) is 6.66. The van der Waals surface area contributed by atoms with Gasteiger partial charge in [0, 0.05) is 18.8 Å². The van der Waals surface area contributed by atoms with E-state index >= 15 is 0 Å². The van der Waals surface area contributed by atoms with Crippen molar-refractivity contribution in [3.05, 3.63) is 0 Å². The van der Waals surface area contributed by atoms with Gasteiger partial charge in [0.15, 0.2) is 0 Å². The van der Waals surface area contributed by atoms with Gasteiger partial charge in [0.25, 0.3) is 0 Å². The molecule has 0 aromatic carbocycles. The van der Waals surface area contributed by atoms with Gasteiger partial charge in [-0.05, 0) is 32.6 Å². The van der Waals surface area contributed by atoms with Crippen molar-refractivity contribution in [1.82, 2.24) is 5.32 Å². The van der Waals surface area contributed by atoms with Crippen LogP contribution in [0.25, 0.3) is 0 Å². The van der Waals surface area contributed by atoms with E-state index in [1.54, 1.807) is 6.92 Å². The zero-order chi connectivity index (χ0) is 10.8. The largest absolute Gasteiger partial charge is 0.393 e. The summed E-state index contributed by atoms with van der Waals surface area (Å²) in [6, 6.07) is 0. The molecule has 1 unspecified atom stereocenters. The van der Waals surface area contributed by atoms with E-state index in [4.69, 9.17) is 16.7 Å². The monoisotopic (exact) mass is 221 g/mol. The van der Waals surface area contributed by atoms with Crippen LogP contribution in [0, 0.1) is 0 Å². The van der Waals surface area contributed by atoms with E-state index in [-0.39, 0.29) is 12.0 Å². The summed E-state index contributed by atoms with van der Waals surface area (Å²) in [6.45, 7) is 2.41. The van der Waals surface area contributed by atoms with Crippen molar-refractivity contribution in [1.29, 1.82) is 0 Å². The van der Waals surface area contributed by atoms with E-state index in [2.05, 4.69) is 5.32 Å². The van der Waals surface area contributed by atoms with Crippen molar-refractivity contribution >= 4 is 17.5 Å². The Hall–Kier alpha value is -0.280. The van der Waals surface area contributed by atoms with Gasteiger partial charge in [0.05, 0.1) is 6.10 Å². The van der Waals surface area contributed by atoms with Crippen molar-refractivity contribution in [2.45, 2.75) is 45.1 Å². The Balaban J connectivity index is 3.18. The van der Waals surface area contributed by atoms with Crippen molar-refractivity contribution in [2.24, 2.45) is 0 Å². The van der Waals surface area contributed by atoms with Crippen molar-refractivity contribution in [3.63, 3.8) is 0 Å². The van der Waals surface area contributed by atoms with Gasteiger partial charge in [0.1, 0.15) is 0 Å². The van der Waals surface area contributed by atoms with Gasteiger partial charge in [-0.1, -0.05) is 0 Å². The van der Waals surface area contributed by atoms with Crippen LogP contribution in [0.3, 0.4) is 0 Å². The summed E-state index contributed by atoms with van der Waals surface area (Å²) < 4.78 is 0. The maximum Gasteiger partial charge on any atom is 0.219 e. The molecule has 4 heteroatoms. The lowest BCUT2D eigenvalue weighted by Gasteiger charge is -2.05. The molecule has 14 heavy (non-hydrogen) atoms. The lowest BCUT2D eigenvalue weighted by molar-refractivity contribution is -0.121. The fourth-order valence-corrected chi connectivity index (χ4v) is 1.28. The summed E-state index contributed by atoms with van der Waals surface area (Å²) in [7, 11) is 0. The number of aliphatic hydroxyl groups is 1. The second-order valence-electron chi connectivity index (χ2n) is 3.49. The molecule has 3 nitrogen and oxygen atoms in total. The molecule has 0 fully saturated rings. The standard InChI is InChI=1S/C10H20ClNO2/c1-9(13)5-4-8-12-10(14)6-2-3-7-11/h9,13H,2-8H2,1H3,(H,12,14). The molecule has 0 aromatic rings. The molecular formula is C10H20ClNO2. The zero-order valence-electron chi connectivity index (χ0n) is 8.76. The Kier molecular flexibility index (Phi) is 9.10. The third-order valence-corrected chi connectivity index (χ3v) is 2.18. The first kappa shape index (κ1) is 13.7. The number of aliphatic hydroxyl groups excluding tert-OH is 1. The Labute approximate surface area is 90.8 Å². The third kappa shape index (κ3) is 9.81. The Morgan fingerprint density at radius 2 is 2.14 bits per heavy atom. The molecular weight excluding hydrogens is 202 g/mol.